The smallest absolute Gasteiger partial charge is 0.189 e. The molecule has 1 saturated carbocycles. The molecule has 0 N–H and O–H groups in total. The highest BCUT2D eigenvalue weighted by molar-refractivity contribution is 6.14. The lowest BCUT2D eigenvalue weighted by molar-refractivity contribution is 0.0946. The summed E-state index contributed by atoms with van der Waals surface area (Å²) in [5.41, 5.74) is 6.10. The zero-order valence-corrected chi connectivity index (χ0v) is 14.9. The molecule has 0 amide bonds. The predicted octanol–water partition coefficient (Wildman–Crippen LogP) is 5.16. The van der Waals surface area contributed by atoms with Gasteiger partial charge in [-0.3, -0.25) is 4.79 Å². The summed E-state index contributed by atoms with van der Waals surface area (Å²) in [6.07, 6.45) is 4.59. The van der Waals surface area contributed by atoms with E-state index in [1.807, 2.05) is 0 Å². The van der Waals surface area contributed by atoms with Gasteiger partial charge in [0.15, 0.2) is 5.78 Å². The minimum atomic E-state index is 0.0205. The molecule has 0 unspecified atom stereocenters. The van der Waals surface area contributed by atoms with Crippen molar-refractivity contribution in [2.24, 2.45) is 5.41 Å². The summed E-state index contributed by atoms with van der Waals surface area (Å²) in [5, 5.41) is 0. The van der Waals surface area contributed by atoms with Crippen molar-refractivity contribution in [1.29, 1.82) is 0 Å². The Bertz CT molecular complexity index is 755. The number of hydrogen-bond acceptors (Lipinski definition) is 2. The van der Waals surface area contributed by atoms with E-state index in [1.54, 1.807) is 7.11 Å². The van der Waals surface area contributed by atoms with Crippen LogP contribution in [0.25, 0.3) is 0 Å². The average molecular weight is 310 g/mol. The van der Waals surface area contributed by atoms with E-state index in [4.69, 9.17) is 4.74 Å². The number of allylic oxidation sites excluding steroid dienone is 2. The molecule has 3 aliphatic rings. The molecule has 0 aromatic heterocycles. The number of hydrogen-bond donors (Lipinski definition) is 0. The molecule has 0 spiro atoms. The van der Waals surface area contributed by atoms with Crippen LogP contribution in [0.1, 0.15) is 80.8 Å². The van der Waals surface area contributed by atoms with E-state index < -0.39 is 0 Å². The third kappa shape index (κ3) is 1.72. The first-order valence-corrected chi connectivity index (χ1v) is 8.83. The Kier molecular flexibility index (Phi) is 2.93. The van der Waals surface area contributed by atoms with Gasteiger partial charge >= 0.3 is 0 Å². The Morgan fingerprint density at radius 1 is 1.17 bits per heavy atom. The summed E-state index contributed by atoms with van der Waals surface area (Å²) in [4.78, 5) is 13.1. The topological polar surface area (TPSA) is 26.3 Å². The van der Waals surface area contributed by atoms with Crippen molar-refractivity contribution < 1.29 is 9.53 Å². The molecule has 0 aliphatic heterocycles. The number of benzene rings is 1. The van der Waals surface area contributed by atoms with E-state index in [1.165, 1.54) is 24.0 Å². The number of methoxy groups -OCH3 is 1. The van der Waals surface area contributed by atoms with Crippen molar-refractivity contribution in [2.45, 2.75) is 64.7 Å². The van der Waals surface area contributed by atoms with E-state index >= 15 is 0 Å². The van der Waals surface area contributed by atoms with Crippen LogP contribution < -0.4 is 4.74 Å². The summed E-state index contributed by atoms with van der Waals surface area (Å²) in [5.74, 6) is 1.56. The lowest BCUT2D eigenvalue weighted by Gasteiger charge is -2.58. The molecule has 2 nitrogen and oxygen atoms in total. The van der Waals surface area contributed by atoms with Gasteiger partial charge in [-0.1, -0.05) is 34.1 Å². The lowest BCUT2D eigenvalue weighted by Crippen LogP contribution is -2.50. The van der Waals surface area contributed by atoms with Gasteiger partial charge in [-0.2, -0.15) is 0 Å². The third-order valence-corrected chi connectivity index (χ3v) is 6.53. The van der Waals surface area contributed by atoms with E-state index in [0.717, 1.165) is 35.3 Å². The van der Waals surface area contributed by atoms with Crippen LogP contribution in [0, 0.1) is 5.41 Å². The fourth-order valence-corrected chi connectivity index (χ4v) is 5.49. The molecular formula is C21H26O2. The molecule has 0 radical (unpaired) electrons. The summed E-state index contributed by atoms with van der Waals surface area (Å²) < 4.78 is 5.67. The van der Waals surface area contributed by atoms with Crippen molar-refractivity contribution >= 4 is 5.78 Å². The maximum atomic E-state index is 13.1. The first kappa shape index (κ1) is 15.0. The number of rotatable bonds is 2. The second-order valence-corrected chi connectivity index (χ2v) is 8.40. The molecule has 0 bridgehead atoms. The fraction of sp³-hybridized carbons (Fsp3) is 0.571. The van der Waals surface area contributed by atoms with Crippen molar-refractivity contribution in [3.8, 4) is 5.75 Å². The van der Waals surface area contributed by atoms with E-state index in [-0.39, 0.29) is 16.6 Å². The largest absolute Gasteiger partial charge is 0.496 e. The molecule has 1 aromatic carbocycles. The molecule has 0 heterocycles. The Morgan fingerprint density at radius 2 is 1.91 bits per heavy atom. The quantitative estimate of drug-likeness (QED) is 0.754. The molecule has 3 aliphatic carbocycles. The van der Waals surface area contributed by atoms with Crippen molar-refractivity contribution in [1.82, 2.24) is 0 Å². The highest BCUT2D eigenvalue weighted by Crippen LogP contribution is 2.65. The zero-order valence-electron chi connectivity index (χ0n) is 14.9. The molecule has 1 aromatic rings. The first-order valence-electron chi connectivity index (χ1n) is 8.83. The van der Waals surface area contributed by atoms with Gasteiger partial charge in [-0.05, 0) is 59.4 Å². The van der Waals surface area contributed by atoms with Crippen LogP contribution in [0.2, 0.25) is 0 Å². The molecule has 0 saturated heterocycles. The van der Waals surface area contributed by atoms with Crippen molar-refractivity contribution in [2.75, 3.05) is 7.11 Å². The van der Waals surface area contributed by atoms with Gasteiger partial charge < -0.3 is 4.74 Å². The number of ketones is 1. The monoisotopic (exact) mass is 310 g/mol. The van der Waals surface area contributed by atoms with Crippen molar-refractivity contribution in [3.05, 3.63) is 40.0 Å². The lowest BCUT2D eigenvalue weighted by atomic mass is 9.45. The Morgan fingerprint density at radius 3 is 2.57 bits per heavy atom. The molecule has 1 fully saturated rings. The van der Waals surface area contributed by atoms with Crippen LogP contribution in [0.15, 0.2) is 23.3 Å². The highest BCUT2D eigenvalue weighted by Gasteiger charge is 2.57. The summed E-state index contributed by atoms with van der Waals surface area (Å²) in [6, 6.07) is 4.27. The van der Waals surface area contributed by atoms with Gasteiger partial charge in [0.25, 0.3) is 0 Å². The first-order chi connectivity index (χ1) is 10.8. The maximum Gasteiger partial charge on any atom is 0.189 e. The van der Waals surface area contributed by atoms with Gasteiger partial charge in [0.05, 0.1) is 7.11 Å². The average Bonchev–Trinajstić information content (AvgIpc) is 2.48. The summed E-state index contributed by atoms with van der Waals surface area (Å²) in [7, 11) is 1.74. The summed E-state index contributed by atoms with van der Waals surface area (Å²) in [6.45, 7) is 9.01. The normalized spacial score (nSPS) is 31.7. The van der Waals surface area contributed by atoms with Crippen LogP contribution in [0.5, 0.6) is 5.75 Å². The van der Waals surface area contributed by atoms with E-state index in [2.05, 4.69) is 39.8 Å². The van der Waals surface area contributed by atoms with Gasteiger partial charge in [0.1, 0.15) is 5.75 Å². The zero-order chi connectivity index (χ0) is 16.6. The van der Waals surface area contributed by atoms with Crippen LogP contribution in [-0.4, -0.2) is 12.9 Å². The number of fused-ring (bicyclic) bond motifs is 2. The van der Waals surface area contributed by atoms with Crippen LogP contribution in [0.3, 0.4) is 0 Å². The second-order valence-electron chi connectivity index (χ2n) is 8.40. The number of Topliss-reactive ketones (excluding diaryl/α,β-unsaturated/α-hetero) is 1. The van der Waals surface area contributed by atoms with Gasteiger partial charge in [-0.15, -0.1) is 0 Å². The Hall–Kier alpha value is -1.57. The SMILES string of the molecule is COc1cc2c(cc1C(C)C)C(=O)C1=C3[C@@](C)(CCC[C@@]32C)C1. The molecule has 4 rings (SSSR count). The van der Waals surface area contributed by atoms with Crippen LogP contribution in [0.4, 0.5) is 0 Å². The molecule has 2 heteroatoms. The van der Waals surface area contributed by atoms with Gasteiger partial charge in [-0.25, -0.2) is 0 Å². The third-order valence-electron chi connectivity index (χ3n) is 6.53. The number of ether oxygens (including phenoxy) is 1. The second kappa shape index (κ2) is 4.49. The van der Waals surface area contributed by atoms with Gasteiger partial charge in [0, 0.05) is 16.6 Å². The number of carbonyl (C=O) groups excluding carboxylic acids is 1. The summed E-state index contributed by atoms with van der Waals surface area (Å²) >= 11 is 0. The molecule has 23 heavy (non-hydrogen) atoms. The maximum absolute atomic E-state index is 13.1. The standard InChI is InChI=1S/C21H26O2/c1-12(2)13-9-14-16(10-17(13)23-5)21(4)8-6-7-20(3)11-15(18(14)22)19(20)21/h9-10,12H,6-8,11H2,1-5H3/t20-,21+/m0/s1. The fourth-order valence-electron chi connectivity index (χ4n) is 5.49. The van der Waals surface area contributed by atoms with E-state index in [0.29, 0.717) is 5.92 Å². The minimum Gasteiger partial charge on any atom is -0.496 e. The Labute approximate surface area is 138 Å². The molecule has 2 atom stereocenters. The Balaban J connectivity index is 1.98. The molecular weight excluding hydrogens is 284 g/mol. The van der Waals surface area contributed by atoms with Gasteiger partial charge in [0.2, 0.25) is 0 Å². The minimum absolute atomic E-state index is 0.0205. The van der Waals surface area contributed by atoms with Crippen LogP contribution in [-0.2, 0) is 5.41 Å². The highest BCUT2D eigenvalue weighted by atomic mass is 16.5. The van der Waals surface area contributed by atoms with Crippen LogP contribution >= 0.6 is 0 Å². The molecule has 122 valence electrons. The van der Waals surface area contributed by atoms with E-state index in [9.17, 15) is 4.79 Å². The van der Waals surface area contributed by atoms with Crippen molar-refractivity contribution in [3.63, 3.8) is 0 Å². The predicted molar refractivity (Wildman–Crippen MR) is 92.4 cm³/mol. The number of carbonyl (C=O) groups is 1.